The highest BCUT2D eigenvalue weighted by Gasteiger charge is 2.28. The Labute approximate surface area is 201 Å². The largest absolute Gasteiger partial charge is 0.497 e. The molecule has 0 aliphatic carbocycles. The van der Waals surface area contributed by atoms with Crippen LogP contribution in [0.25, 0.3) is 10.6 Å². The number of nitrogens with zero attached hydrogens (tertiary/aromatic N) is 3. The maximum absolute atomic E-state index is 13.5. The number of carbonyl (C=O) groups is 1. The average molecular weight is 495 g/mol. The normalized spacial score (nSPS) is 11.1. The average Bonchev–Trinajstić information content (AvgIpc) is 3.31. The van der Waals surface area contributed by atoms with E-state index >= 15 is 0 Å². The number of sulfonamides is 1. The number of aromatic nitrogens is 2. The fourth-order valence-electron chi connectivity index (χ4n) is 3.18. The monoisotopic (exact) mass is 494 g/mol. The molecule has 174 valence electrons. The van der Waals surface area contributed by atoms with E-state index in [-0.39, 0.29) is 10.0 Å². The molecular weight excluding hydrogens is 472 g/mol. The number of carbonyl (C=O) groups excluding carboxylic acids is 1. The topological polar surface area (TPSA) is 101 Å². The Morgan fingerprint density at radius 2 is 1.74 bits per heavy atom. The molecule has 0 saturated carbocycles. The van der Waals surface area contributed by atoms with Crippen LogP contribution in [0.15, 0.2) is 83.8 Å². The maximum atomic E-state index is 13.5. The summed E-state index contributed by atoms with van der Waals surface area (Å²) < 4.78 is 33.3. The van der Waals surface area contributed by atoms with Crippen LogP contribution >= 0.6 is 11.3 Å². The van der Waals surface area contributed by atoms with Crippen LogP contribution in [0.5, 0.6) is 5.75 Å². The first-order valence-electron chi connectivity index (χ1n) is 10.3. The van der Waals surface area contributed by atoms with E-state index in [0.29, 0.717) is 16.4 Å². The lowest BCUT2D eigenvalue weighted by atomic mass is 10.2. The number of rotatable bonds is 8. The van der Waals surface area contributed by atoms with Gasteiger partial charge in [-0.1, -0.05) is 65.4 Å². The van der Waals surface area contributed by atoms with E-state index in [0.717, 1.165) is 15.4 Å². The third kappa shape index (κ3) is 5.24. The summed E-state index contributed by atoms with van der Waals surface area (Å²) >= 11 is 1.21. The molecule has 4 rings (SSSR count). The lowest BCUT2D eigenvalue weighted by molar-refractivity contribution is -0.114. The third-order valence-electron chi connectivity index (χ3n) is 4.93. The van der Waals surface area contributed by atoms with Gasteiger partial charge in [0, 0.05) is 11.6 Å². The molecule has 0 aliphatic rings. The number of hydrogen-bond donors (Lipinski definition) is 1. The standard InChI is InChI=1S/C24H22N4O4S2/c1-17-11-13-21(14-12-17)34(30,31)28(19-9-6-10-20(15-19)32-2)16-22(29)25-24-27-26-23(33-24)18-7-4-3-5-8-18/h3-15H,16H2,1-2H3,(H,25,27,29). The fraction of sp³-hybridized carbons (Fsp3) is 0.125. The number of benzene rings is 3. The SMILES string of the molecule is COc1cccc(N(CC(=O)Nc2nnc(-c3ccccc3)s2)S(=O)(=O)c2ccc(C)cc2)c1. The summed E-state index contributed by atoms with van der Waals surface area (Å²) in [6, 6.07) is 22.5. The molecule has 34 heavy (non-hydrogen) atoms. The molecule has 1 N–H and O–H groups in total. The summed E-state index contributed by atoms with van der Waals surface area (Å²) in [6.07, 6.45) is 0. The smallest absolute Gasteiger partial charge is 0.264 e. The molecule has 0 saturated heterocycles. The zero-order valence-corrected chi connectivity index (χ0v) is 20.1. The first-order chi connectivity index (χ1) is 16.4. The van der Waals surface area contributed by atoms with Crippen molar-refractivity contribution in [2.45, 2.75) is 11.8 Å². The van der Waals surface area contributed by atoms with Gasteiger partial charge in [-0.15, -0.1) is 10.2 Å². The van der Waals surface area contributed by atoms with E-state index in [1.807, 2.05) is 37.3 Å². The van der Waals surface area contributed by atoms with E-state index < -0.39 is 22.5 Å². The highest BCUT2D eigenvalue weighted by molar-refractivity contribution is 7.92. The van der Waals surface area contributed by atoms with Crippen LogP contribution in [-0.2, 0) is 14.8 Å². The minimum atomic E-state index is -4.04. The summed E-state index contributed by atoms with van der Waals surface area (Å²) in [5.41, 5.74) is 2.10. The van der Waals surface area contributed by atoms with Crippen molar-refractivity contribution in [2.75, 3.05) is 23.3 Å². The number of hydrogen-bond acceptors (Lipinski definition) is 7. The van der Waals surface area contributed by atoms with Gasteiger partial charge in [-0.05, 0) is 31.2 Å². The quantitative estimate of drug-likeness (QED) is 0.391. The second-order valence-corrected chi connectivity index (χ2v) is 10.2. The van der Waals surface area contributed by atoms with Gasteiger partial charge in [0.2, 0.25) is 11.0 Å². The molecule has 0 spiro atoms. The zero-order chi connectivity index (χ0) is 24.1. The first-order valence-corrected chi connectivity index (χ1v) is 12.5. The molecular formula is C24H22N4O4S2. The number of amides is 1. The Kier molecular flexibility index (Phi) is 6.90. The number of methoxy groups -OCH3 is 1. The van der Waals surface area contributed by atoms with Crippen molar-refractivity contribution in [1.29, 1.82) is 0 Å². The minimum absolute atomic E-state index is 0.0796. The van der Waals surface area contributed by atoms with E-state index in [1.165, 1.54) is 30.6 Å². The Morgan fingerprint density at radius 3 is 2.44 bits per heavy atom. The molecule has 0 aliphatic heterocycles. The second kappa shape index (κ2) is 10.0. The Balaban J connectivity index is 1.61. The molecule has 0 unspecified atom stereocenters. The highest BCUT2D eigenvalue weighted by atomic mass is 32.2. The van der Waals surface area contributed by atoms with Crippen molar-refractivity contribution in [2.24, 2.45) is 0 Å². The summed E-state index contributed by atoms with van der Waals surface area (Å²) in [7, 11) is -2.55. The van der Waals surface area contributed by atoms with Crippen LogP contribution in [0.2, 0.25) is 0 Å². The highest BCUT2D eigenvalue weighted by Crippen LogP contribution is 2.28. The number of ether oxygens (including phenoxy) is 1. The van der Waals surface area contributed by atoms with E-state index in [4.69, 9.17) is 4.74 Å². The van der Waals surface area contributed by atoms with Gasteiger partial charge >= 0.3 is 0 Å². The van der Waals surface area contributed by atoms with Gasteiger partial charge in [-0.2, -0.15) is 0 Å². The van der Waals surface area contributed by atoms with Gasteiger partial charge in [0.05, 0.1) is 17.7 Å². The summed E-state index contributed by atoms with van der Waals surface area (Å²) in [4.78, 5) is 13.0. The lowest BCUT2D eigenvalue weighted by Gasteiger charge is -2.24. The second-order valence-electron chi connectivity index (χ2n) is 7.35. The zero-order valence-electron chi connectivity index (χ0n) is 18.5. The van der Waals surface area contributed by atoms with Crippen LogP contribution < -0.4 is 14.4 Å². The van der Waals surface area contributed by atoms with Crippen molar-refractivity contribution >= 4 is 38.1 Å². The Bertz CT molecular complexity index is 1390. The summed E-state index contributed by atoms with van der Waals surface area (Å²) in [5, 5.41) is 11.7. The third-order valence-corrected chi connectivity index (χ3v) is 7.61. The molecule has 0 bridgehead atoms. The number of nitrogens with one attached hydrogen (secondary N) is 1. The van der Waals surface area contributed by atoms with Crippen LogP contribution in [0.1, 0.15) is 5.56 Å². The van der Waals surface area contributed by atoms with Crippen molar-refractivity contribution in [3.63, 3.8) is 0 Å². The predicted molar refractivity (Wildman–Crippen MR) is 133 cm³/mol. The molecule has 0 atom stereocenters. The van der Waals surface area contributed by atoms with Crippen LogP contribution in [0.4, 0.5) is 10.8 Å². The number of anilines is 2. The maximum Gasteiger partial charge on any atom is 0.264 e. The molecule has 1 amide bonds. The van der Waals surface area contributed by atoms with Crippen LogP contribution in [0.3, 0.4) is 0 Å². The summed E-state index contributed by atoms with van der Waals surface area (Å²) in [5.74, 6) is -0.0760. The van der Waals surface area contributed by atoms with Crippen LogP contribution in [-0.4, -0.2) is 38.2 Å². The van der Waals surface area contributed by atoms with Gasteiger partial charge in [0.25, 0.3) is 10.0 Å². The summed E-state index contributed by atoms with van der Waals surface area (Å²) in [6.45, 7) is 1.42. The molecule has 0 radical (unpaired) electrons. The van der Waals surface area contributed by atoms with E-state index in [1.54, 1.807) is 36.4 Å². The fourth-order valence-corrected chi connectivity index (χ4v) is 5.36. The Morgan fingerprint density at radius 1 is 1.00 bits per heavy atom. The molecule has 8 nitrogen and oxygen atoms in total. The molecule has 1 aromatic heterocycles. The van der Waals surface area contributed by atoms with E-state index in [2.05, 4.69) is 15.5 Å². The van der Waals surface area contributed by atoms with Crippen molar-refractivity contribution in [1.82, 2.24) is 10.2 Å². The lowest BCUT2D eigenvalue weighted by Crippen LogP contribution is -2.38. The molecule has 0 fully saturated rings. The predicted octanol–water partition coefficient (Wildman–Crippen LogP) is 4.36. The Hall–Kier alpha value is -3.76. The van der Waals surface area contributed by atoms with Gasteiger partial charge in [-0.3, -0.25) is 14.4 Å². The van der Waals surface area contributed by atoms with Gasteiger partial charge in [-0.25, -0.2) is 8.42 Å². The number of aryl methyl sites for hydroxylation is 1. The van der Waals surface area contributed by atoms with Gasteiger partial charge in [0.1, 0.15) is 17.3 Å². The molecule has 1 heterocycles. The molecule has 10 heteroatoms. The van der Waals surface area contributed by atoms with Gasteiger partial charge in [0.15, 0.2) is 0 Å². The van der Waals surface area contributed by atoms with Crippen molar-refractivity contribution in [3.8, 4) is 16.3 Å². The first kappa shape index (κ1) is 23.4. The molecule has 3 aromatic carbocycles. The minimum Gasteiger partial charge on any atom is -0.497 e. The van der Waals surface area contributed by atoms with Gasteiger partial charge < -0.3 is 4.74 Å². The van der Waals surface area contributed by atoms with Crippen molar-refractivity contribution in [3.05, 3.63) is 84.4 Å². The van der Waals surface area contributed by atoms with Crippen LogP contribution in [0, 0.1) is 6.92 Å². The van der Waals surface area contributed by atoms with E-state index in [9.17, 15) is 13.2 Å². The molecule has 4 aromatic rings. The van der Waals surface area contributed by atoms with Crippen molar-refractivity contribution < 1.29 is 17.9 Å².